The first-order valence-corrected chi connectivity index (χ1v) is 8.52. The Labute approximate surface area is 144 Å². The summed E-state index contributed by atoms with van der Waals surface area (Å²) in [5.41, 5.74) is 0.723. The van der Waals surface area contributed by atoms with Gasteiger partial charge in [0.05, 0.1) is 19.8 Å². The number of fused-ring (bicyclic) bond motifs is 1. The molecule has 3 rings (SSSR count). The minimum Gasteiger partial charge on any atom is -0.493 e. The fraction of sp³-hybridized carbons (Fsp3) is 0.118. The number of carboxylic acid groups (broad SMARTS) is 1. The largest absolute Gasteiger partial charge is 0.493 e. The zero-order chi connectivity index (χ0) is 18.2. The molecule has 0 saturated heterocycles. The fourth-order valence-corrected chi connectivity index (χ4v) is 3.60. The van der Waals surface area contributed by atoms with Crippen LogP contribution < -0.4 is 9.47 Å². The van der Waals surface area contributed by atoms with Gasteiger partial charge in [-0.25, -0.2) is 4.79 Å². The Kier molecular flexibility index (Phi) is 4.13. The van der Waals surface area contributed by atoms with Crippen LogP contribution >= 0.6 is 0 Å². The van der Waals surface area contributed by atoms with Crippen LogP contribution in [0.5, 0.6) is 11.5 Å². The predicted octanol–water partition coefficient (Wildman–Crippen LogP) is 2.62. The van der Waals surface area contributed by atoms with Gasteiger partial charge in [-0.3, -0.25) is 0 Å². The summed E-state index contributed by atoms with van der Waals surface area (Å²) in [4.78, 5) is 11.1. The molecule has 25 heavy (non-hydrogen) atoms. The highest BCUT2D eigenvalue weighted by Gasteiger charge is 2.29. The van der Waals surface area contributed by atoms with Crippen molar-refractivity contribution in [3.8, 4) is 11.5 Å². The van der Waals surface area contributed by atoms with Crippen LogP contribution in [0.2, 0.25) is 0 Å². The zero-order valence-corrected chi connectivity index (χ0v) is 14.2. The first kappa shape index (κ1) is 16.8. The molecule has 0 saturated carbocycles. The summed E-state index contributed by atoms with van der Waals surface area (Å²) in [6, 6.07) is 8.68. The lowest BCUT2D eigenvalue weighted by molar-refractivity contribution is 0.0697. The molecule has 8 heteroatoms. The topological polar surface area (TPSA) is 99.1 Å². The second kappa shape index (κ2) is 6.14. The van der Waals surface area contributed by atoms with Gasteiger partial charge in [0.25, 0.3) is 0 Å². The molecule has 1 aliphatic rings. The third-order valence-electron chi connectivity index (χ3n) is 3.67. The van der Waals surface area contributed by atoms with Gasteiger partial charge in [-0.05, 0) is 24.3 Å². The molecule has 0 fully saturated rings. The molecule has 130 valence electrons. The number of carboxylic acids is 1. The van der Waals surface area contributed by atoms with Crippen molar-refractivity contribution in [3.63, 3.8) is 0 Å². The van der Waals surface area contributed by atoms with E-state index in [1.54, 1.807) is 6.07 Å². The van der Waals surface area contributed by atoms with Crippen molar-refractivity contribution in [1.82, 2.24) is 0 Å². The van der Waals surface area contributed by atoms with E-state index in [9.17, 15) is 13.2 Å². The Morgan fingerprint density at radius 3 is 2.40 bits per heavy atom. The lowest BCUT2D eigenvalue weighted by Crippen LogP contribution is -2.13. The quantitative estimate of drug-likeness (QED) is 0.835. The third kappa shape index (κ3) is 3.03. The smallest absolute Gasteiger partial charge is 0.339 e. The molecular formula is C17H14O7S. The summed E-state index contributed by atoms with van der Waals surface area (Å²) >= 11 is 0. The monoisotopic (exact) mass is 362 g/mol. The molecule has 2 aromatic carbocycles. The van der Waals surface area contributed by atoms with Gasteiger partial charge in [0.1, 0.15) is 4.90 Å². The molecule has 2 aromatic rings. The predicted molar refractivity (Wildman–Crippen MR) is 89.1 cm³/mol. The highest BCUT2D eigenvalue weighted by Crippen LogP contribution is 2.39. The highest BCUT2D eigenvalue weighted by molar-refractivity contribution is 7.87. The van der Waals surface area contributed by atoms with Crippen molar-refractivity contribution in [3.05, 3.63) is 53.1 Å². The van der Waals surface area contributed by atoms with Crippen molar-refractivity contribution >= 4 is 27.9 Å². The van der Waals surface area contributed by atoms with E-state index in [-0.39, 0.29) is 22.0 Å². The van der Waals surface area contributed by atoms with E-state index in [1.165, 1.54) is 50.6 Å². The number of benzene rings is 2. The Bertz CT molecular complexity index is 990. The van der Waals surface area contributed by atoms with Crippen molar-refractivity contribution in [2.75, 3.05) is 14.2 Å². The van der Waals surface area contributed by atoms with Crippen LogP contribution in [0.25, 0.3) is 11.8 Å². The Morgan fingerprint density at radius 1 is 1.08 bits per heavy atom. The molecule has 1 aliphatic heterocycles. The van der Waals surface area contributed by atoms with Gasteiger partial charge in [-0.2, -0.15) is 8.42 Å². The van der Waals surface area contributed by atoms with Crippen LogP contribution in [0.1, 0.15) is 21.5 Å². The maximum absolute atomic E-state index is 12.5. The summed E-state index contributed by atoms with van der Waals surface area (Å²) in [5.74, 6) is -0.456. The van der Waals surface area contributed by atoms with Crippen LogP contribution in [0.4, 0.5) is 0 Å². The summed E-state index contributed by atoms with van der Waals surface area (Å²) in [7, 11) is -1.24. The van der Waals surface area contributed by atoms with Crippen LogP contribution in [0, 0.1) is 0 Å². The SMILES string of the molecule is COc1cc2c(cc1OC)S(=O)(=O)OC(c1cccc(C(=O)O)c1)=C2. The van der Waals surface area contributed by atoms with Gasteiger partial charge < -0.3 is 18.8 Å². The number of carbonyl (C=O) groups is 1. The van der Waals surface area contributed by atoms with E-state index in [0.717, 1.165) is 0 Å². The molecule has 0 radical (unpaired) electrons. The lowest BCUT2D eigenvalue weighted by Gasteiger charge is -2.20. The zero-order valence-electron chi connectivity index (χ0n) is 13.3. The van der Waals surface area contributed by atoms with Gasteiger partial charge in [0.2, 0.25) is 0 Å². The molecule has 0 spiro atoms. The van der Waals surface area contributed by atoms with Gasteiger partial charge in [0.15, 0.2) is 17.3 Å². The van der Waals surface area contributed by atoms with Crippen LogP contribution in [-0.2, 0) is 14.3 Å². The first-order chi connectivity index (χ1) is 11.9. The van der Waals surface area contributed by atoms with Crippen LogP contribution in [0.15, 0.2) is 41.3 Å². The number of methoxy groups -OCH3 is 2. The van der Waals surface area contributed by atoms with E-state index >= 15 is 0 Å². The highest BCUT2D eigenvalue weighted by atomic mass is 32.2. The Morgan fingerprint density at radius 2 is 1.76 bits per heavy atom. The van der Waals surface area contributed by atoms with E-state index < -0.39 is 16.1 Å². The van der Waals surface area contributed by atoms with Crippen molar-refractivity contribution < 1.29 is 32.0 Å². The molecule has 0 bridgehead atoms. The summed E-state index contributed by atoms with van der Waals surface area (Å²) in [6.45, 7) is 0. The first-order valence-electron chi connectivity index (χ1n) is 7.11. The second-order valence-corrected chi connectivity index (χ2v) is 6.69. The fourth-order valence-electron chi connectivity index (χ4n) is 2.47. The maximum atomic E-state index is 12.5. The third-order valence-corrected chi connectivity index (χ3v) is 4.96. The molecule has 0 amide bonds. The van der Waals surface area contributed by atoms with Gasteiger partial charge in [-0.1, -0.05) is 12.1 Å². The van der Waals surface area contributed by atoms with Gasteiger partial charge in [0, 0.05) is 17.2 Å². The number of hydrogen-bond acceptors (Lipinski definition) is 6. The maximum Gasteiger partial charge on any atom is 0.339 e. The summed E-state index contributed by atoms with van der Waals surface area (Å²) in [5, 5.41) is 9.09. The molecule has 0 atom stereocenters. The number of aromatic carboxylic acids is 1. The number of rotatable bonds is 4. The van der Waals surface area contributed by atoms with Crippen LogP contribution in [0.3, 0.4) is 0 Å². The number of ether oxygens (including phenoxy) is 2. The molecule has 1 N–H and O–H groups in total. The lowest BCUT2D eigenvalue weighted by atomic mass is 10.1. The Hall–Kier alpha value is -3.00. The van der Waals surface area contributed by atoms with Crippen molar-refractivity contribution in [1.29, 1.82) is 0 Å². The molecule has 1 heterocycles. The Balaban J connectivity index is 2.18. The number of hydrogen-bond donors (Lipinski definition) is 1. The van der Waals surface area contributed by atoms with E-state index in [0.29, 0.717) is 16.9 Å². The van der Waals surface area contributed by atoms with E-state index in [2.05, 4.69) is 0 Å². The van der Waals surface area contributed by atoms with Crippen LogP contribution in [-0.4, -0.2) is 33.7 Å². The minimum atomic E-state index is -4.08. The normalized spacial score (nSPS) is 14.7. The standard InChI is InChI=1S/C17H14O7S/c1-22-14-8-12-7-13(10-4-3-5-11(6-10)17(18)19)24-25(20,21)16(12)9-15(14)23-2/h3-9H,1-2H3,(H,18,19). The molecule has 0 aliphatic carbocycles. The molecule has 7 nitrogen and oxygen atoms in total. The van der Waals surface area contributed by atoms with E-state index in [4.69, 9.17) is 18.8 Å². The summed E-state index contributed by atoms with van der Waals surface area (Å²) < 4.78 is 40.4. The summed E-state index contributed by atoms with van der Waals surface area (Å²) in [6.07, 6.45) is 1.51. The van der Waals surface area contributed by atoms with Crippen molar-refractivity contribution in [2.45, 2.75) is 4.90 Å². The minimum absolute atomic E-state index is 0.0255. The van der Waals surface area contributed by atoms with Crippen molar-refractivity contribution in [2.24, 2.45) is 0 Å². The average molecular weight is 362 g/mol. The molecular weight excluding hydrogens is 348 g/mol. The molecule has 0 aromatic heterocycles. The van der Waals surface area contributed by atoms with E-state index in [1.807, 2.05) is 0 Å². The van der Waals surface area contributed by atoms with Gasteiger partial charge in [-0.15, -0.1) is 0 Å². The van der Waals surface area contributed by atoms with Gasteiger partial charge >= 0.3 is 16.1 Å². The second-order valence-electron chi connectivity index (χ2n) is 5.18. The average Bonchev–Trinajstić information content (AvgIpc) is 2.60. The molecule has 0 unspecified atom stereocenters.